The van der Waals surface area contributed by atoms with Gasteiger partial charge in [0.1, 0.15) is 0 Å². The zero-order valence-electron chi connectivity index (χ0n) is 15.9. The van der Waals surface area contributed by atoms with E-state index in [1.807, 2.05) is 0 Å². The lowest BCUT2D eigenvalue weighted by Gasteiger charge is -2.39. The number of likely N-dealkylation sites (N-methyl/N-ethyl adjacent to an activating group) is 1. The van der Waals surface area contributed by atoms with E-state index in [0.717, 1.165) is 17.8 Å². The van der Waals surface area contributed by atoms with Crippen LogP contribution in [0.1, 0.15) is 29.8 Å². The van der Waals surface area contributed by atoms with Crippen LogP contribution in [0.3, 0.4) is 0 Å². The summed E-state index contributed by atoms with van der Waals surface area (Å²) in [6.07, 6.45) is 2.32. The van der Waals surface area contributed by atoms with Crippen molar-refractivity contribution in [2.24, 2.45) is 0 Å². The summed E-state index contributed by atoms with van der Waals surface area (Å²) in [5.74, 6) is 0. The summed E-state index contributed by atoms with van der Waals surface area (Å²) < 4.78 is 0. The number of rotatable bonds is 3. The van der Waals surface area contributed by atoms with Gasteiger partial charge in [0.05, 0.1) is 17.3 Å². The molecule has 1 aliphatic heterocycles. The first-order chi connectivity index (χ1) is 13.8. The molecule has 1 unspecified atom stereocenters. The van der Waals surface area contributed by atoms with Crippen LogP contribution in [-0.4, -0.2) is 11.5 Å². The van der Waals surface area contributed by atoms with Gasteiger partial charge in [-0.25, -0.2) is 4.98 Å². The normalized spacial score (nSPS) is 16.0. The minimum atomic E-state index is 0.148. The molecule has 0 spiro atoms. The molecule has 0 radical (unpaired) electrons. The summed E-state index contributed by atoms with van der Waals surface area (Å²) in [4.78, 5) is 7.50. The maximum absolute atomic E-state index is 5.02. The highest BCUT2D eigenvalue weighted by molar-refractivity contribution is 5.94. The van der Waals surface area contributed by atoms with Crippen molar-refractivity contribution in [1.82, 2.24) is 4.98 Å². The van der Waals surface area contributed by atoms with E-state index in [-0.39, 0.29) is 6.04 Å². The highest BCUT2D eigenvalue weighted by atomic mass is 15.2. The minimum absolute atomic E-state index is 0.148. The number of nitrogens with zero attached hydrogens (tertiary/aromatic N) is 2. The molecule has 0 amide bonds. The maximum Gasteiger partial charge on any atom is 0.0817 e. The molecule has 0 fully saturated rings. The lowest BCUT2D eigenvalue weighted by molar-refractivity contribution is 0.753. The Balaban J connectivity index is 1.74. The molecule has 1 atom stereocenters. The Labute approximate surface area is 165 Å². The molecule has 2 heteroatoms. The van der Waals surface area contributed by atoms with E-state index in [1.165, 1.54) is 27.8 Å². The van der Waals surface area contributed by atoms with Crippen LogP contribution in [-0.2, 0) is 0 Å². The zero-order chi connectivity index (χ0) is 18.9. The lowest BCUT2D eigenvalue weighted by atomic mass is 9.88. The van der Waals surface area contributed by atoms with Gasteiger partial charge in [-0.05, 0) is 42.3 Å². The van der Waals surface area contributed by atoms with Crippen molar-refractivity contribution in [3.63, 3.8) is 0 Å². The Kier molecular flexibility index (Phi) is 4.17. The second kappa shape index (κ2) is 6.97. The number of pyridine rings is 1. The van der Waals surface area contributed by atoms with Crippen LogP contribution in [0.15, 0.2) is 91.0 Å². The maximum atomic E-state index is 5.02. The Morgan fingerprint density at radius 1 is 0.786 bits per heavy atom. The van der Waals surface area contributed by atoms with Gasteiger partial charge in [0.25, 0.3) is 0 Å². The van der Waals surface area contributed by atoms with Crippen LogP contribution in [0.5, 0.6) is 0 Å². The first kappa shape index (κ1) is 16.8. The number of hydrogen-bond acceptors (Lipinski definition) is 2. The topological polar surface area (TPSA) is 16.1 Å². The molecule has 0 N–H and O–H groups in total. The van der Waals surface area contributed by atoms with Gasteiger partial charge in [-0.1, -0.05) is 72.8 Å². The van der Waals surface area contributed by atoms with Crippen molar-refractivity contribution in [3.8, 4) is 0 Å². The lowest BCUT2D eigenvalue weighted by Crippen LogP contribution is -2.32. The number of anilines is 1. The fourth-order valence-corrected chi connectivity index (χ4v) is 4.21. The number of hydrogen-bond donors (Lipinski definition) is 0. The van der Waals surface area contributed by atoms with Crippen LogP contribution >= 0.6 is 0 Å². The average Bonchev–Trinajstić information content (AvgIpc) is 2.78. The third-order valence-corrected chi connectivity index (χ3v) is 5.51. The standard InChI is InChI=1S/C26H22N2/c1-2-28-25-15-9-7-13-21(25)18-22(26(28)20-11-4-3-5-12-20)24-17-16-19-10-6-8-14-23(19)27-24/h3-18,26H,2H2,1H3. The largest absolute Gasteiger partial charge is 0.360 e. The third-order valence-electron chi connectivity index (χ3n) is 5.51. The predicted molar refractivity (Wildman–Crippen MR) is 118 cm³/mol. The Hall–Kier alpha value is -3.39. The van der Waals surface area contributed by atoms with E-state index in [2.05, 4.69) is 109 Å². The first-order valence-corrected chi connectivity index (χ1v) is 9.83. The summed E-state index contributed by atoms with van der Waals surface area (Å²) in [5.41, 5.74) is 7.15. The molecule has 0 saturated carbocycles. The van der Waals surface area contributed by atoms with Gasteiger partial charge in [-0.15, -0.1) is 0 Å². The molecule has 136 valence electrons. The average molecular weight is 362 g/mol. The van der Waals surface area contributed by atoms with E-state index in [9.17, 15) is 0 Å². The highest BCUT2D eigenvalue weighted by Gasteiger charge is 2.30. The van der Waals surface area contributed by atoms with E-state index >= 15 is 0 Å². The third kappa shape index (κ3) is 2.78. The van der Waals surface area contributed by atoms with Gasteiger partial charge < -0.3 is 4.90 Å². The SMILES string of the molecule is CCN1c2ccccc2C=C(c2ccc3ccccc3n2)C1c1ccccc1. The molecule has 1 aliphatic rings. The molecule has 0 saturated heterocycles. The van der Waals surface area contributed by atoms with Crippen LogP contribution in [0, 0.1) is 0 Å². The second-order valence-electron chi connectivity index (χ2n) is 7.15. The van der Waals surface area contributed by atoms with Crippen molar-refractivity contribution >= 4 is 28.2 Å². The number of benzene rings is 3. The molecule has 2 nitrogen and oxygen atoms in total. The van der Waals surface area contributed by atoms with Crippen LogP contribution in [0.25, 0.3) is 22.6 Å². The summed E-state index contributed by atoms with van der Waals surface area (Å²) in [6.45, 7) is 3.16. The van der Waals surface area contributed by atoms with E-state index in [4.69, 9.17) is 4.98 Å². The molecule has 28 heavy (non-hydrogen) atoms. The Morgan fingerprint density at radius 2 is 1.54 bits per heavy atom. The van der Waals surface area contributed by atoms with Gasteiger partial charge in [0, 0.05) is 23.2 Å². The summed E-state index contributed by atoms with van der Waals surface area (Å²) >= 11 is 0. The van der Waals surface area contributed by atoms with Gasteiger partial charge in [0.15, 0.2) is 0 Å². The van der Waals surface area contributed by atoms with Crippen molar-refractivity contribution < 1.29 is 0 Å². The van der Waals surface area contributed by atoms with Gasteiger partial charge in [-0.3, -0.25) is 0 Å². The summed E-state index contributed by atoms with van der Waals surface area (Å²) in [6, 6.07) is 32.2. The summed E-state index contributed by atoms with van der Waals surface area (Å²) in [7, 11) is 0. The number of fused-ring (bicyclic) bond motifs is 2. The molecule has 2 heterocycles. The highest BCUT2D eigenvalue weighted by Crippen LogP contribution is 2.44. The monoisotopic (exact) mass is 362 g/mol. The first-order valence-electron chi connectivity index (χ1n) is 9.83. The number of aromatic nitrogens is 1. The fraction of sp³-hybridized carbons (Fsp3) is 0.115. The molecule has 0 aliphatic carbocycles. The molecule has 4 aromatic rings. The van der Waals surface area contributed by atoms with Crippen LogP contribution < -0.4 is 4.90 Å². The number of para-hydroxylation sites is 2. The van der Waals surface area contributed by atoms with Crippen molar-refractivity contribution in [2.75, 3.05) is 11.4 Å². The van der Waals surface area contributed by atoms with Crippen LogP contribution in [0.2, 0.25) is 0 Å². The van der Waals surface area contributed by atoms with Crippen LogP contribution in [0.4, 0.5) is 5.69 Å². The predicted octanol–water partition coefficient (Wildman–Crippen LogP) is 6.36. The molecule has 1 aromatic heterocycles. The Morgan fingerprint density at radius 3 is 2.39 bits per heavy atom. The van der Waals surface area contributed by atoms with E-state index in [1.54, 1.807) is 0 Å². The molecule has 3 aromatic carbocycles. The summed E-state index contributed by atoms with van der Waals surface area (Å²) in [5, 5.41) is 1.17. The van der Waals surface area contributed by atoms with E-state index < -0.39 is 0 Å². The quantitative estimate of drug-likeness (QED) is 0.422. The van der Waals surface area contributed by atoms with Gasteiger partial charge in [-0.2, -0.15) is 0 Å². The zero-order valence-corrected chi connectivity index (χ0v) is 15.9. The molecule has 0 bridgehead atoms. The Bertz CT molecular complexity index is 1160. The van der Waals surface area contributed by atoms with Crippen molar-refractivity contribution in [1.29, 1.82) is 0 Å². The molecular formula is C26H22N2. The fourth-order valence-electron chi connectivity index (χ4n) is 4.21. The van der Waals surface area contributed by atoms with Crippen molar-refractivity contribution in [3.05, 3.63) is 108 Å². The van der Waals surface area contributed by atoms with Gasteiger partial charge >= 0.3 is 0 Å². The van der Waals surface area contributed by atoms with Crippen molar-refractivity contribution in [2.45, 2.75) is 13.0 Å². The van der Waals surface area contributed by atoms with E-state index in [0.29, 0.717) is 0 Å². The minimum Gasteiger partial charge on any atom is -0.360 e. The second-order valence-corrected chi connectivity index (χ2v) is 7.15. The molecular weight excluding hydrogens is 340 g/mol. The smallest absolute Gasteiger partial charge is 0.0817 e. The van der Waals surface area contributed by atoms with Gasteiger partial charge in [0.2, 0.25) is 0 Å². The molecule has 5 rings (SSSR count).